The first kappa shape index (κ1) is 24.1. The molecule has 0 saturated carbocycles. The van der Waals surface area contributed by atoms with E-state index in [4.69, 9.17) is 4.74 Å². The van der Waals surface area contributed by atoms with Crippen LogP contribution in [-0.4, -0.2) is 53.4 Å². The first-order chi connectivity index (χ1) is 15.6. The van der Waals surface area contributed by atoms with Crippen molar-refractivity contribution in [1.82, 2.24) is 13.4 Å². The summed E-state index contributed by atoms with van der Waals surface area (Å²) in [5.74, 6) is -1.47. The minimum Gasteiger partial charge on any atom is -0.452 e. The van der Waals surface area contributed by atoms with Gasteiger partial charge in [0.15, 0.2) is 6.61 Å². The maximum absolute atomic E-state index is 12.5. The number of carbonyl (C=O) groups is 2. The molecule has 0 aliphatic carbocycles. The number of amides is 1. The second kappa shape index (κ2) is 9.96. The highest BCUT2D eigenvalue weighted by molar-refractivity contribution is 7.89. The molecule has 2 heterocycles. The Morgan fingerprint density at radius 2 is 1.73 bits per heavy atom. The van der Waals surface area contributed by atoms with Crippen molar-refractivity contribution in [2.45, 2.75) is 17.7 Å². The van der Waals surface area contributed by atoms with Crippen LogP contribution in [0.2, 0.25) is 0 Å². The van der Waals surface area contributed by atoms with Crippen LogP contribution in [0.5, 0.6) is 0 Å². The highest BCUT2D eigenvalue weighted by Crippen LogP contribution is 2.22. The molecule has 1 amide bonds. The van der Waals surface area contributed by atoms with Crippen LogP contribution in [0.4, 0.5) is 5.69 Å². The SMILES string of the molecule is Cn1cc(/C=C/C(=O)OCC(=O)Nc2ccc(S(=O)(=O)N3CCCC3)cc2)c(=O)n(C)c1=O. The Labute approximate surface area is 189 Å². The standard InChI is InChI=1S/C21H24N4O7S/c1-23-13-15(20(28)24(2)21(23)29)5-10-19(27)32-14-18(26)22-16-6-8-17(9-7-16)33(30,31)25-11-3-4-12-25/h5-10,13H,3-4,11-12,14H2,1-2H3,(H,22,26)/b10-5+. The van der Waals surface area contributed by atoms with E-state index in [9.17, 15) is 27.6 Å². The molecule has 11 nitrogen and oxygen atoms in total. The zero-order valence-electron chi connectivity index (χ0n) is 18.2. The molecule has 0 bridgehead atoms. The van der Waals surface area contributed by atoms with Gasteiger partial charge in [0.1, 0.15) is 0 Å². The third-order valence-electron chi connectivity index (χ3n) is 5.06. The Kier molecular flexibility index (Phi) is 7.29. The van der Waals surface area contributed by atoms with Crippen molar-refractivity contribution in [3.05, 3.63) is 62.9 Å². The third-order valence-corrected chi connectivity index (χ3v) is 6.97. The fraction of sp³-hybridized carbons (Fsp3) is 0.333. The Hall–Kier alpha value is -3.51. The summed E-state index contributed by atoms with van der Waals surface area (Å²) in [4.78, 5) is 47.7. The number of anilines is 1. The molecule has 33 heavy (non-hydrogen) atoms. The normalized spacial score (nSPS) is 14.5. The van der Waals surface area contributed by atoms with Crippen molar-refractivity contribution in [2.24, 2.45) is 14.1 Å². The van der Waals surface area contributed by atoms with E-state index in [1.165, 1.54) is 59.5 Å². The monoisotopic (exact) mass is 476 g/mol. The number of benzene rings is 1. The van der Waals surface area contributed by atoms with E-state index in [1.807, 2.05) is 0 Å². The smallest absolute Gasteiger partial charge is 0.331 e. The third kappa shape index (κ3) is 5.65. The Bertz CT molecular complexity index is 1300. The van der Waals surface area contributed by atoms with Gasteiger partial charge >= 0.3 is 11.7 Å². The van der Waals surface area contributed by atoms with Crippen LogP contribution in [0.25, 0.3) is 6.08 Å². The number of aromatic nitrogens is 2. The average molecular weight is 477 g/mol. The van der Waals surface area contributed by atoms with Gasteiger partial charge in [-0.2, -0.15) is 4.31 Å². The fourth-order valence-corrected chi connectivity index (χ4v) is 4.80. The summed E-state index contributed by atoms with van der Waals surface area (Å²) in [7, 11) is -0.758. The summed E-state index contributed by atoms with van der Waals surface area (Å²) < 4.78 is 33.4. The molecule has 1 fully saturated rings. The summed E-state index contributed by atoms with van der Waals surface area (Å²) in [6.07, 6.45) is 5.13. The highest BCUT2D eigenvalue weighted by Gasteiger charge is 2.26. The molecule has 1 N–H and O–H groups in total. The van der Waals surface area contributed by atoms with Gasteiger partial charge in [0.05, 0.1) is 10.5 Å². The van der Waals surface area contributed by atoms with Gasteiger partial charge in [-0.3, -0.25) is 14.2 Å². The van der Waals surface area contributed by atoms with Gasteiger partial charge in [-0.1, -0.05) is 0 Å². The molecule has 0 unspecified atom stereocenters. The minimum absolute atomic E-state index is 0.102. The summed E-state index contributed by atoms with van der Waals surface area (Å²) in [5.41, 5.74) is -0.626. The number of sulfonamides is 1. The lowest BCUT2D eigenvalue weighted by Gasteiger charge is -2.15. The van der Waals surface area contributed by atoms with Gasteiger partial charge in [0, 0.05) is 45.1 Å². The number of rotatable bonds is 7. The van der Waals surface area contributed by atoms with Crippen molar-refractivity contribution in [3.63, 3.8) is 0 Å². The number of nitrogens with one attached hydrogen (secondary N) is 1. The molecular weight excluding hydrogens is 452 g/mol. The van der Waals surface area contributed by atoms with Crippen LogP contribution in [0.3, 0.4) is 0 Å². The van der Waals surface area contributed by atoms with Gasteiger partial charge in [0.2, 0.25) is 10.0 Å². The van der Waals surface area contributed by atoms with E-state index < -0.39 is 39.8 Å². The predicted octanol–water partition coefficient (Wildman–Crippen LogP) is 0.0636. The molecule has 0 spiro atoms. The molecule has 2 aromatic rings. The van der Waals surface area contributed by atoms with Crippen LogP contribution in [0.1, 0.15) is 18.4 Å². The zero-order chi connectivity index (χ0) is 24.2. The van der Waals surface area contributed by atoms with Crippen LogP contribution in [-0.2, 0) is 38.4 Å². The van der Waals surface area contributed by atoms with E-state index in [0.717, 1.165) is 23.5 Å². The summed E-state index contributed by atoms with van der Waals surface area (Å²) in [6, 6.07) is 5.73. The number of nitrogens with zero attached hydrogens (tertiary/aromatic N) is 3. The van der Waals surface area contributed by atoms with Crippen molar-refractivity contribution >= 4 is 33.7 Å². The van der Waals surface area contributed by atoms with Crippen LogP contribution < -0.4 is 16.6 Å². The first-order valence-electron chi connectivity index (χ1n) is 10.1. The first-order valence-corrected chi connectivity index (χ1v) is 11.5. The lowest BCUT2D eigenvalue weighted by molar-refractivity contribution is -0.142. The van der Waals surface area contributed by atoms with E-state index in [-0.39, 0.29) is 10.5 Å². The molecule has 1 aromatic heterocycles. The van der Waals surface area contributed by atoms with Gasteiger partial charge in [-0.15, -0.1) is 0 Å². The molecule has 0 atom stereocenters. The van der Waals surface area contributed by atoms with Crippen molar-refractivity contribution in [3.8, 4) is 0 Å². The van der Waals surface area contributed by atoms with Gasteiger partial charge in [0.25, 0.3) is 11.5 Å². The summed E-state index contributed by atoms with van der Waals surface area (Å²) >= 11 is 0. The number of aryl methyl sites for hydroxylation is 1. The molecule has 1 aromatic carbocycles. The van der Waals surface area contributed by atoms with Gasteiger partial charge < -0.3 is 14.6 Å². The molecule has 176 valence electrons. The minimum atomic E-state index is -3.54. The fourth-order valence-electron chi connectivity index (χ4n) is 3.28. The lowest BCUT2D eigenvalue weighted by Crippen LogP contribution is -2.37. The van der Waals surface area contributed by atoms with E-state index in [1.54, 1.807) is 0 Å². The van der Waals surface area contributed by atoms with Gasteiger partial charge in [-0.05, 0) is 43.2 Å². The average Bonchev–Trinajstić information content (AvgIpc) is 3.34. The second-order valence-corrected chi connectivity index (χ2v) is 9.40. The zero-order valence-corrected chi connectivity index (χ0v) is 19.0. The van der Waals surface area contributed by atoms with Crippen molar-refractivity contribution in [1.29, 1.82) is 0 Å². The maximum atomic E-state index is 12.5. The summed E-state index contributed by atoms with van der Waals surface area (Å²) in [5, 5.41) is 2.51. The molecule has 12 heteroatoms. The number of hydrogen-bond donors (Lipinski definition) is 1. The number of ether oxygens (including phenoxy) is 1. The van der Waals surface area contributed by atoms with Crippen LogP contribution in [0, 0.1) is 0 Å². The van der Waals surface area contributed by atoms with Crippen molar-refractivity contribution in [2.75, 3.05) is 25.0 Å². The molecule has 1 aliphatic rings. The van der Waals surface area contributed by atoms with E-state index in [0.29, 0.717) is 18.8 Å². The largest absolute Gasteiger partial charge is 0.452 e. The summed E-state index contributed by atoms with van der Waals surface area (Å²) in [6.45, 7) is 0.414. The molecule has 3 rings (SSSR count). The molecule has 1 aliphatic heterocycles. The molecule has 0 radical (unpaired) electrons. The van der Waals surface area contributed by atoms with E-state index in [2.05, 4.69) is 5.32 Å². The molecule has 1 saturated heterocycles. The lowest BCUT2D eigenvalue weighted by atomic mass is 10.3. The topological polar surface area (TPSA) is 137 Å². The Morgan fingerprint density at radius 3 is 2.36 bits per heavy atom. The number of esters is 1. The van der Waals surface area contributed by atoms with Crippen LogP contribution >= 0.6 is 0 Å². The second-order valence-electron chi connectivity index (χ2n) is 7.47. The van der Waals surface area contributed by atoms with Crippen LogP contribution in [0.15, 0.2) is 51.0 Å². The van der Waals surface area contributed by atoms with E-state index >= 15 is 0 Å². The number of carbonyl (C=O) groups excluding carboxylic acids is 2. The highest BCUT2D eigenvalue weighted by atomic mass is 32.2. The Balaban J connectivity index is 1.54. The number of hydrogen-bond acceptors (Lipinski definition) is 7. The van der Waals surface area contributed by atoms with Crippen molar-refractivity contribution < 1.29 is 22.7 Å². The predicted molar refractivity (Wildman–Crippen MR) is 120 cm³/mol. The molecular formula is C21H24N4O7S. The van der Waals surface area contributed by atoms with Gasteiger partial charge in [-0.25, -0.2) is 18.0 Å². The quantitative estimate of drug-likeness (QED) is 0.441. The maximum Gasteiger partial charge on any atom is 0.331 e. The Morgan fingerprint density at radius 1 is 1.09 bits per heavy atom.